The highest BCUT2D eigenvalue weighted by Gasteiger charge is 2.24. The number of piperazine rings is 1. The number of benzene rings is 1. The van der Waals surface area contributed by atoms with Crippen LogP contribution in [0.3, 0.4) is 0 Å². The molecule has 0 N–H and O–H groups in total. The quantitative estimate of drug-likeness (QED) is 0.848. The highest BCUT2D eigenvalue weighted by molar-refractivity contribution is 5.97. The molecule has 1 heterocycles. The largest absolute Gasteiger partial charge is 0.434 e. The Morgan fingerprint density at radius 1 is 1.25 bits per heavy atom. The molecule has 1 aromatic carbocycles. The molecule has 1 aliphatic heterocycles. The van der Waals surface area contributed by atoms with Crippen LogP contribution in [0.15, 0.2) is 24.3 Å². The molecule has 0 atom stereocenters. The molecule has 4 nitrogen and oxygen atoms in total. The van der Waals surface area contributed by atoms with Crippen molar-refractivity contribution in [1.29, 1.82) is 0 Å². The molecule has 0 bridgehead atoms. The van der Waals surface area contributed by atoms with Crippen molar-refractivity contribution in [3.8, 4) is 5.75 Å². The van der Waals surface area contributed by atoms with Gasteiger partial charge < -0.3 is 14.5 Å². The number of halogens is 2. The molecule has 20 heavy (non-hydrogen) atoms. The first kappa shape index (κ1) is 14.7. The van der Waals surface area contributed by atoms with Crippen molar-refractivity contribution in [2.45, 2.75) is 13.5 Å². The maximum atomic E-state index is 12.4. The molecular formula is C14H18F2N2O2. The van der Waals surface area contributed by atoms with Crippen LogP contribution in [0.25, 0.3) is 0 Å². The molecule has 2 rings (SSSR count). The van der Waals surface area contributed by atoms with E-state index in [0.717, 1.165) is 19.6 Å². The molecular weight excluding hydrogens is 266 g/mol. The van der Waals surface area contributed by atoms with Crippen LogP contribution >= 0.6 is 0 Å². The van der Waals surface area contributed by atoms with E-state index in [4.69, 9.17) is 0 Å². The van der Waals surface area contributed by atoms with Crippen molar-refractivity contribution < 1.29 is 18.3 Å². The predicted molar refractivity (Wildman–Crippen MR) is 71.1 cm³/mol. The monoisotopic (exact) mass is 284 g/mol. The van der Waals surface area contributed by atoms with Gasteiger partial charge in [-0.15, -0.1) is 0 Å². The third-order valence-electron chi connectivity index (χ3n) is 3.44. The summed E-state index contributed by atoms with van der Waals surface area (Å²) in [6, 6.07) is 6.13. The number of hydrogen-bond donors (Lipinski definition) is 0. The van der Waals surface area contributed by atoms with Crippen LogP contribution in [0, 0.1) is 0 Å². The Morgan fingerprint density at radius 3 is 2.50 bits per heavy atom. The van der Waals surface area contributed by atoms with Gasteiger partial charge in [-0.05, 0) is 18.7 Å². The first-order valence-electron chi connectivity index (χ1n) is 6.67. The number of para-hydroxylation sites is 1. The van der Waals surface area contributed by atoms with E-state index in [9.17, 15) is 13.6 Å². The second-order valence-corrected chi connectivity index (χ2v) is 4.60. The molecule has 1 aliphatic rings. The van der Waals surface area contributed by atoms with E-state index in [1.54, 1.807) is 17.0 Å². The van der Waals surface area contributed by atoms with Crippen LogP contribution in [0.5, 0.6) is 5.75 Å². The number of ether oxygens (including phenoxy) is 1. The highest BCUT2D eigenvalue weighted by atomic mass is 19.3. The van der Waals surface area contributed by atoms with Crippen LogP contribution in [0.2, 0.25) is 0 Å². The first-order valence-corrected chi connectivity index (χ1v) is 6.67. The number of amides is 1. The fraction of sp³-hybridized carbons (Fsp3) is 0.500. The van der Waals surface area contributed by atoms with E-state index in [1.807, 2.05) is 0 Å². The van der Waals surface area contributed by atoms with Gasteiger partial charge in [0.05, 0.1) is 5.56 Å². The summed E-state index contributed by atoms with van der Waals surface area (Å²) >= 11 is 0. The summed E-state index contributed by atoms with van der Waals surface area (Å²) in [5.74, 6) is -0.317. The predicted octanol–water partition coefficient (Wildman–Crippen LogP) is 2.07. The molecule has 1 fully saturated rings. The Hall–Kier alpha value is -1.69. The average molecular weight is 284 g/mol. The number of rotatable bonds is 4. The number of carbonyl (C=O) groups excluding carboxylic acids is 1. The summed E-state index contributed by atoms with van der Waals surface area (Å²) in [6.07, 6.45) is 0. The van der Waals surface area contributed by atoms with Crippen molar-refractivity contribution in [3.05, 3.63) is 29.8 Å². The summed E-state index contributed by atoms with van der Waals surface area (Å²) in [6.45, 7) is 2.92. The van der Waals surface area contributed by atoms with Crippen molar-refractivity contribution >= 4 is 5.91 Å². The molecule has 1 aromatic rings. The lowest BCUT2D eigenvalue weighted by atomic mass is 10.1. The maximum Gasteiger partial charge on any atom is 0.387 e. The van der Waals surface area contributed by atoms with Gasteiger partial charge in [0, 0.05) is 26.2 Å². The molecule has 110 valence electrons. The standard InChI is InChI=1S/C14H18F2N2O2/c1-2-17-7-9-18(10-8-17)13(19)11-5-3-4-6-12(11)20-14(15)16/h3-6,14H,2,7-10H2,1H3. The smallest absolute Gasteiger partial charge is 0.387 e. The van der Waals surface area contributed by atoms with Gasteiger partial charge in [-0.1, -0.05) is 19.1 Å². The molecule has 1 saturated heterocycles. The Balaban J connectivity index is 2.09. The summed E-state index contributed by atoms with van der Waals surface area (Å²) in [5, 5.41) is 0. The third kappa shape index (κ3) is 3.45. The normalized spacial score (nSPS) is 16.5. The fourth-order valence-corrected chi connectivity index (χ4v) is 2.28. The van der Waals surface area contributed by atoms with Crippen molar-refractivity contribution in [1.82, 2.24) is 9.80 Å². The zero-order valence-corrected chi connectivity index (χ0v) is 11.4. The van der Waals surface area contributed by atoms with E-state index < -0.39 is 6.61 Å². The minimum atomic E-state index is -2.93. The van der Waals surface area contributed by atoms with E-state index in [0.29, 0.717) is 13.1 Å². The van der Waals surface area contributed by atoms with Gasteiger partial charge in [0.1, 0.15) is 5.75 Å². The SMILES string of the molecule is CCN1CCN(C(=O)c2ccccc2OC(F)F)CC1. The number of alkyl halides is 2. The second-order valence-electron chi connectivity index (χ2n) is 4.60. The van der Waals surface area contributed by atoms with Crippen LogP contribution in [-0.2, 0) is 0 Å². The summed E-state index contributed by atoms with van der Waals surface area (Å²) in [4.78, 5) is 16.3. The van der Waals surface area contributed by atoms with Gasteiger partial charge in [-0.2, -0.15) is 8.78 Å². The molecule has 0 radical (unpaired) electrons. The molecule has 0 aliphatic carbocycles. The van der Waals surface area contributed by atoms with Crippen molar-refractivity contribution in [3.63, 3.8) is 0 Å². The molecule has 0 unspecified atom stereocenters. The first-order chi connectivity index (χ1) is 9.61. The summed E-state index contributed by atoms with van der Waals surface area (Å²) < 4.78 is 29.1. The molecule has 6 heteroatoms. The topological polar surface area (TPSA) is 32.8 Å². The fourth-order valence-electron chi connectivity index (χ4n) is 2.28. The van der Waals surface area contributed by atoms with Gasteiger partial charge in [-0.25, -0.2) is 0 Å². The van der Waals surface area contributed by atoms with Crippen LogP contribution in [-0.4, -0.2) is 55.0 Å². The van der Waals surface area contributed by atoms with Crippen LogP contribution in [0.4, 0.5) is 8.78 Å². The van der Waals surface area contributed by atoms with Gasteiger partial charge in [-0.3, -0.25) is 4.79 Å². The Kier molecular flexibility index (Phi) is 4.89. The summed E-state index contributed by atoms with van der Waals surface area (Å²) in [5.41, 5.74) is 0.192. The maximum absolute atomic E-state index is 12.4. The average Bonchev–Trinajstić information content (AvgIpc) is 2.46. The molecule has 1 amide bonds. The van der Waals surface area contributed by atoms with Gasteiger partial charge in [0.15, 0.2) is 0 Å². The minimum Gasteiger partial charge on any atom is -0.434 e. The number of nitrogens with zero attached hydrogens (tertiary/aromatic N) is 2. The lowest BCUT2D eigenvalue weighted by Crippen LogP contribution is -2.48. The lowest BCUT2D eigenvalue weighted by molar-refractivity contribution is -0.0503. The van der Waals surface area contributed by atoms with E-state index in [1.165, 1.54) is 12.1 Å². The zero-order chi connectivity index (χ0) is 14.5. The van der Waals surface area contributed by atoms with Crippen LogP contribution in [0.1, 0.15) is 17.3 Å². The molecule has 0 spiro atoms. The van der Waals surface area contributed by atoms with Crippen molar-refractivity contribution in [2.24, 2.45) is 0 Å². The second kappa shape index (κ2) is 6.65. The Morgan fingerprint density at radius 2 is 1.90 bits per heavy atom. The minimum absolute atomic E-state index is 0.0644. The molecule has 0 aromatic heterocycles. The number of likely N-dealkylation sites (N-methyl/N-ethyl adjacent to an activating group) is 1. The van der Waals surface area contributed by atoms with E-state index in [-0.39, 0.29) is 17.2 Å². The van der Waals surface area contributed by atoms with Crippen LogP contribution < -0.4 is 4.74 Å². The van der Waals surface area contributed by atoms with Gasteiger partial charge >= 0.3 is 6.61 Å². The van der Waals surface area contributed by atoms with E-state index >= 15 is 0 Å². The van der Waals surface area contributed by atoms with E-state index in [2.05, 4.69) is 16.6 Å². The summed E-state index contributed by atoms with van der Waals surface area (Å²) in [7, 11) is 0. The molecule has 0 saturated carbocycles. The van der Waals surface area contributed by atoms with Gasteiger partial charge in [0.25, 0.3) is 5.91 Å². The number of hydrogen-bond acceptors (Lipinski definition) is 3. The van der Waals surface area contributed by atoms with Crippen molar-refractivity contribution in [2.75, 3.05) is 32.7 Å². The lowest BCUT2D eigenvalue weighted by Gasteiger charge is -2.34. The third-order valence-corrected chi connectivity index (χ3v) is 3.44. The highest BCUT2D eigenvalue weighted by Crippen LogP contribution is 2.22. The Bertz CT molecular complexity index is 460. The Labute approximate surface area is 116 Å². The van der Waals surface area contributed by atoms with Gasteiger partial charge in [0.2, 0.25) is 0 Å². The zero-order valence-electron chi connectivity index (χ0n) is 11.4. The number of carbonyl (C=O) groups is 1.